The number of nitrogens with zero attached hydrogens (tertiary/aromatic N) is 2. The van der Waals surface area contributed by atoms with Crippen LogP contribution in [0.1, 0.15) is 36.9 Å². The highest BCUT2D eigenvalue weighted by atomic mass is 35.5. The number of aromatic nitrogens is 2. The van der Waals surface area contributed by atoms with Gasteiger partial charge in [-0.25, -0.2) is 9.97 Å². The van der Waals surface area contributed by atoms with Crippen LogP contribution in [0, 0.1) is 5.92 Å². The van der Waals surface area contributed by atoms with Crippen LogP contribution in [0.2, 0.25) is 5.02 Å². The van der Waals surface area contributed by atoms with Crippen LogP contribution in [0.4, 0.5) is 24.8 Å². The van der Waals surface area contributed by atoms with Gasteiger partial charge in [0, 0.05) is 29.0 Å². The Morgan fingerprint density at radius 3 is 2.65 bits per heavy atom. The standard InChI is InChI=1S/C18H20ClF3N4/c19-14-6-3-7-15(8-14)25-17-24-11-13(16(26-17)18(20,21)22)10-23-9-12-4-1-2-5-12/h3,6-8,11-12,23H,1-2,4-5,9-10H2,(H,24,25,26). The van der Waals surface area contributed by atoms with Crippen LogP contribution in [-0.4, -0.2) is 16.5 Å². The van der Waals surface area contributed by atoms with Crippen LogP contribution in [0.3, 0.4) is 0 Å². The van der Waals surface area contributed by atoms with E-state index in [0.717, 1.165) is 19.4 Å². The molecule has 0 bridgehead atoms. The molecule has 1 saturated carbocycles. The normalized spacial score (nSPS) is 15.4. The first-order valence-corrected chi connectivity index (χ1v) is 8.96. The smallest absolute Gasteiger partial charge is 0.324 e. The molecule has 3 rings (SSSR count). The molecule has 8 heteroatoms. The Morgan fingerprint density at radius 2 is 1.96 bits per heavy atom. The van der Waals surface area contributed by atoms with Gasteiger partial charge in [0.2, 0.25) is 5.95 Å². The highest BCUT2D eigenvalue weighted by Crippen LogP contribution is 2.31. The summed E-state index contributed by atoms with van der Waals surface area (Å²) in [7, 11) is 0. The molecule has 4 nitrogen and oxygen atoms in total. The molecule has 1 aromatic carbocycles. The van der Waals surface area contributed by atoms with E-state index in [1.54, 1.807) is 24.3 Å². The third-order valence-electron chi connectivity index (χ3n) is 4.44. The topological polar surface area (TPSA) is 49.8 Å². The fourth-order valence-corrected chi connectivity index (χ4v) is 3.35. The van der Waals surface area contributed by atoms with Crippen molar-refractivity contribution in [1.82, 2.24) is 15.3 Å². The van der Waals surface area contributed by atoms with Crippen molar-refractivity contribution in [3.8, 4) is 0 Å². The van der Waals surface area contributed by atoms with E-state index >= 15 is 0 Å². The molecule has 0 amide bonds. The molecular formula is C18H20ClF3N4. The van der Waals surface area contributed by atoms with Gasteiger partial charge in [-0.05, 0) is 43.5 Å². The summed E-state index contributed by atoms with van der Waals surface area (Å²) >= 11 is 5.88. The zero-order valence-corrected chi connectivity index (χ0v) is 14.9. The minimum Gasteiger partial charge on any atom is -0.324 e. The van der Waals surface area contributed by atoms with E-state index in [-0.39, 0.29) is 18.1 Å². The quantitative estimate of drug-likeness (QED) is 0.721. The molecule has 1 aliphatic carbocycles. The molecule has 1 aliphatic rings. The Balaban J connectivity index is 1.72. The van der Waals surface area contributed by atoms with Crippen molar-refractivity contribution in [3.63, 3.8) is 0 Å². The Kier molecular flexibility index (Phi) is 5.98. The lowest BCUT2D eigenvalue weighted by Gasteiger charge is -2.15. The van der Waals surface area contributed by atoms with Gasteiger partial charge in [-0.3, -0.25) is 0 Å². The predicted octanol–water partition coefficient (Wildman–Crippen LogP) is 5.17. The molecule has 1 heterocycles. The van der Waals surface area contributed by atoms with Crippen molar-refractivity contribution in [2.75, 3.05) is 11.9 Å². The number of alkyl halides is 3. The van der Waals surface area contributed by atoms with Gasteiger partial charge in [-0.15, -0.1) is 0 Å². The number of benzene rings is 1. The van der Waals surface area contributed by atoms with Crippen LogP contribution in [0.5, 0.6) is 0 Å². The van der Waals surface area contributed by atoms with E-state index in [4.69, 9.17) is 11.6 Å². The summed E-state index contributed by atoms with van der Waals surface area (Å²) in [5.41, 5.74) is -0.346. The highest BCUT2D eigenvalue weighted by Gasteiger charge is 2.36. The minimum absolute atomic E-state index is 0.0483. The van der Waals surface area contributed by atoms with Crippen molar-refractivity contribution < 1.29 is 13.2 Å². The Labute approximate surface area is 155 Å². The first-order chi connectivity index (χ1) is 12.4. The molecule has 1 fully saturated rings. The zero-order valence-electron chi connectivity index (χ0n) is 14.1. The lowest BCUT2D eigenvalue weighted by molar-refractivity contribution is -0.141. The second-order valence-electron chi connectivity index (χ2n) is 6.48. The average molecular weight is 385 g/mol. The van der Waals surface area contributed by atoms with Gasteiger partial charge in [-0.2, -0.15) is 13.2 Å². The second-order valence-corrected chi connectivity index (χ2v) is 6.92. The van der Waals surface area contributed by atoms with Gasteiger partial charge < -0.3 is 10.6 Å². The third-order valence-corrected chi connectivity index (χ3v) is 4.67. The molecule has 0 unspecified atom stereocenters. The largest absolute Gasteiger partial charge is 0.433 e. The molecule has 26 heavy (non-hydrogen) atoms. The van der Waals surface area contributed by atoms with Crippen molar-refractivity contribution >= 4 is 23.2 Å². The lowest BCUT2D eigenvalue weighted by Crippen LogP contribution is -2.24. The highest BCUT2D eigenvalue weighted by molar-refractivity contribution is 6.30. The maximum Gasteiger partial charge on any atom is 0.433 e. The van der Waals surface area contributed by atoms with Crippen molar-refractivity contribution in [2.24, 2.45) is 5.92 Å². The Morgan fingerprint density at radius 1 is 1.19 bits per heavy atom. The van der Waals surface area contributed by atoms with Gasteiger partial charge in [0.1, 0.15) is 0 Å². The molecule has 0 radical (unpaired) electrons. The monoisotopic (exact) mass is 384 g/mol. The SMILES string of the molecule is FC(F)(F)c1nc(Nc2cccc(Cl)c2)ncc1CNCC1CCCC1. The van der Waals surface area contributed by atoms with Gasteiger partial charge in [0.25, 0.3) is 0 Å². The molecule has 0 aliphatic heterocycles. The van der Waals surface area contributed by atoms with Gasteiger partial charge in [0.05, 0.1) is 0 Å². The first-order valence-electron chi connectivity index (χ1n) is 8.58. The summed E-state index contributed by atoms with van der Waals surface area (Å²) in [5, 5.41) is 6.34. The molecule has 2 N–H and O–H groups in total. The lowest BCUT2D eigenvalue weighted by atomic mass is 10.1. The molecule has 140 valence electrons. The van der Waals surface area contributed by atoms with Crippen molar-refractivity contribution in [3.05, 3.63) is 46.7 Å². The summed E-state index contributed by atoms with van der Waals surface area (Å²) < 4.78 is 40.2. The van der Waals surface area contributed by atoms with Gasteiger partial charge >= 0.3 is 6.18 Å². The number of halogens is 4. The maximum absolute atomic E-state index is 13.4. The van der Waals surface area contributed by atoms with Crippen LogP contribution in [0.15, 0.2) is 30.5 Å². The zero-order chi connectivity index (χ0) is 18.6. The van der Waals surface area contributed by atoms with Gasteiger partial charge in [0.15, 0.2) is 5.69 Å². The van der Waals surface area contributed by atoms with E-state index < -0.39 is 11.9 Å². The Bertz CT molecular complexity index is 745. The molecule has 2 aromatic rings. The average Bonchev–Trinajstić information content (AvgIpc) is 3.08. The Hall–Kier alpha value is -1.86. The van der Waals surface area contributed by atoms with E-state index in [2.05, 4.69) is 20.6 Å². The molecule has 0 atom stereocenters. The summed E-state index contributed by atoms with van der Waals surface area (Å²) in [6.07, 6.45) is 1.36. The predicted molar refractivity (Wildman–Crippen MR) is 95.4 cm³/mol. The van der Waals surface area contributed by atoms with Gasteiger partial charge in [-0.1, -0.05) is 30.5 Å². The van der Waals surface area contributed by atoms with E-state index in [1.165, 1.54) is 19.0 Å². The van der Waals surface area contributed by atoms with Crippen LogP contribution in [-0.2, 0) is 12.7 Å². The summed E-state index contributed by atoms with van der Waals surface area (Å²) in [6, 6.07) is 6.64. The number of hydrogen-bond donors (Lipinski definition) is 2. The number of rotatable bonds is 6. The summed E-state index contributed by atoms with van der Waals surface area (Å²) in [5.74, 6) is 0.438. The molecular weight excluding hydrogens is 365 g/mol. The fraction of sp³-hybridized carbons (Fsp3) is 0.444. The summed E-state index contributed by atoms with van der Waals surface area (Å²) in [6.45, 7) is 0.822. The van der Waals surface area contributed by atoms with E-state index in [0.29, 0.717) is 16.6 Å². The first kappa shape index (κ1) is 18.9. The third kappa shape index (κ3) is 5.08. The number of anilines is 2. The minimum atomic E-state index is -4.54. The fourth-order valence-electron chi connectivity index (χ4n) is 3.16. The van der Waals surface area contributed by atoms with Crippen LogP contribution >= 0.6 is 11.6 Å². The molecule has 0 spiro atoms. The number of hydrogen-bond acceptors (Lipinski definition) is 4. The maximum atomic E-state index is 13.4. The van der Waals surface area contributed by atoms with E-state index in [1.807, 2.05) is 0 Å². The van der Waals surface area contributed by atoms with Crippen molar-refractivity contribution in [1.29, 1.82) is 0 Å². The second kappa shape index (κ2) is 8.22. The van der Waals surface area contributed by atoms with Crippen LogP contribution < -0.4 is 10.6 Å². The van der Waals surface area contributed by atoms with E-state index in [9.17, 15) is 13.2 Å². The number of nitrogens with one attached hydrogen (secondary N) is 2. The van der Waals surface area contributed by atoms with Crippen LogP contribution in [0.25, 0.3) is 0 Å². The molecule has 0 saturated heterocycles. The van der Waals surface area contributed by atoms with Crippen molar-refractivity contribution in [2.45, 2.75) is 38.4 Å². The summed E-state index contributed by atoms with van der Waals surface area (Å²) in [4.78, 5) is 7.71. The molecule has 1 aromatic heterocycles.